The smallest absolute Gasteiger partial charge is 0.353 e. The average Bonchev–Trinajstić information content (AvgIpc) is 3.29. The minimum atomic E-state index is -4.39. The Kier molecular flexibility index (Phi) is 7.03. The van der Waals surface area contributed by atoms with E-state index in [2.05, 4.69) is 0 Å². The molecule has 192 valence electrons. The molecule has 0 aliphatic carbocycles. The molecule has 5 rings (SSSR count). The molecule has 4 aromatic carbocycles. The van der Waals surface area contributed by atoms with Crippen molar-refractivity contribution in [2.24, 2.45) is 0 Å². The number of halogens is 2. The van der Waals surface area contributed by atoms with Crippen LogP contribution in [0.2, 0.25) is 10.0 Å². The summed E-state index contributed by atoms with van der Waals surface area (Å²) in [6, 6.07) is 25.8. The number of nitrogens with zero attached hydrogens (tertiary/aromatic N) is 1. The summed E-state index contributed by atoms with van der Waals surface area (Å²) >= 11 is 12.4. The SMILES string of the molecule is O=C(O)c1cc2cc(OCc3c(Cl)cccc3Cl)ccc2n1S(=O)(=O)c1ccccc1Oc1ccccc1. The van der Waals surface area contributed by atoms with Crippen LogP contribution in [0.15, 0.2) is 102 Å². The Bertz CT molecular complexity index is 1750. The third-order valence-corrected chi connectivity index (χ3v) is 8.21. The second-order valence-electron chi connectivity index (χ2n) is 8.18. The van der Waals surface area contributed by atoms with Crippen LogP contribution in [0.4, 0.5) is 0 Å². The zero-order valence-electron chi connectivity index (χ0n) is 19.5. The Hall–Kier alpha value is -3.98. The van der Waals surface area contributed by atoms with E-state index in [9.17, 15) is 18.3 Å². The Balaban J connectivity index is 1.55. The number of carbonyl (C=O) groups is 1. The van der Waals surface area contributed by atoms with Gasteiger partial charge in [0, 0.05) is 21.0 Å². The Labute approximate surface area is 228 Å². The third kappa shape index (κ3) is 4.93. The van der Waals surface area contributed by atoms with E-state index in [1.807, 2.05) is 6.07 Å². The van der Waals surface area contributed by atoms with Crippen LogP contribution < -0.4 is 9.47 Å². The summed E-state index contributed by atoms with van der Waals surface area (Å²) in [4.78, 5) is 12.0. The molecule has 38 heavy (non-hydrogen) atoms. The lowest BCUT2D eigenvalue weighted by Crippen LogP contribution is -2.18. The Morgan fingerprint density at radius 1 is 0.816 bits per heavy atom. The maximum atomic E-state index is 13.9. The molecule has 0 saturated heterocycles. The molecule has 0 aliphatic rings. The highest BCUT2D eigenvalue weighted by atomic mass is 35.5. The lowest BCUT2D eigenvalue weighted by molar-refractivity contribution is 0.0689. The number of hydrogen-bond donors (Lipinski definition) is 1. The first kappa shape index (κ1) is 25.7. The van der Waals surface area contributed by atoms with Gasteiger partial charge in [-0.1, -0.05) is 59.6 Å². The number of rotatable bonds is 8. The Morgan fingerprint density at radius 3 is 2.21 bits per heavy atom. The third-order valence-electron chi connectivity index (χ3n) is 5.73. The van der Waals surface area contributed by atoms with Crippen LogP contribution in [0.25, 0.3) is 10.9 Å². The molecule has 0 unspecified atom stereocenters. The van der Waals surface area contributed by atoms with Gasteiger partial charge in [-0.25, -0.2) is 17.2 Å². The van der Waals surface area contributed by atoms with Crippen LogP contribution in [0.5, 0.6) is 17.2 Å². The summed E-state index contributed by atoms with van der Waals surface area (Å²) < 4.78 is 40.2. The van der Waals surface area contributed by atoms with Crippen molar-refractivity contribution in [3.8, 4) is 17.2 Å². The van der Waals surface area contributed by atoms with Crippen molar-refractivity contribution in [2.75, 3.05) is 0 Å². The first-order chi connectivity index (χ1) is 18.3. The topological polar surface area (TPSA) is 94.8 Å². The molecule has 0 fully saturated rings. The molecule has 1 N–H and O–H groups in total. The zero-order valence-corrected chi connectivity index (χ0v) is 21.9. The molecule has 0 atom stereocenters. The summed E-state index contributed by atoms with van der Waals surface area (Å²) in [5.74, 6) is -0.524. The van der Waals surface area contributed by atoms with E-state index in [0.29, 0.717) is 32.5 Å². The molecule has 7 nitrogen and oxygen atoms in total. The summed E-state index contributed by atoms with van der Waals surface area (Å²) in [5, 5.41) is 11.1. The number of carboxylic acids is 1. The maximum Gasteiger partial charge on any atom is 0.353 e. The molecule has 1 aromatic heterocycles. The molecule has 0 saturated carbocycles. The van der Waals surface area contributed by atoms with Crippen LogP contribution in [-0.4, -0.2) is 23.5 Å². The van der Waals surface area contributed by atoms with Crippen molar-refractivity contribution in [2.45, 2.75) is 11.5 Å². The van der Waals surface area contributed by atoms with Gasteiger partial charge in [-0.3, -0.25) is 0 Å². The van der Waals surface area contributed by atoms with Gasteiger partial charge >= 0.3 is 5.97 Å². The minimum absolute atomic E-state index is 0.0634. The second kappa shape index (κ2) is 10.4. The van der Waals surface area contributed by atoms with Crippen molar-refractivity contribution >= 4 is 50.1 Å². The summed E-state index contributed by atoms with van der Waals surface area (Å²) in [6.07, 6.45) is 0. The molecule has 10 heteroatoms. The minimum Gasteiger partial charge on any atom is -0.489 e. The largest absolute Gasteiger partial charge is 0.489 e. The average molecular weight is 568 g/mol. The van der Waals surface area contributed by atoms with Gasteiger partial charge in [0.25, 0.3) is 10.0 Å². The van der Waals surface area contributed by atoms with E-state index >= 15 is 0 Å². The van der Waals surface area contributed by atoms with Crippen LogP contribution in [0.3, 0.4) is 0 Å². The summed E-state index contributed by atoms with van der Waals surface area (Å²) in [6.45, 7) is 0.0685. The molecular formula is C28H19Cl2NO6S. The van der Waals surface area contributed by atoms with E-state index in [-0.39, 0.29) is 22.8 Å². The fourth-order valence-electron chi connectivity index (χ4n) is 3.95. The van der Waals surface area contributed by atoms with E-state index in [4.69, 9.17) is 32.7 Å². The normalized spacial score (nSPS) is 11.4. The van der Waals surface area contributed by atoms with Gasteiger partial charge in [-0.15, -0.1) is 0 Å². The van der Waals surface area contributed by atoms with E-state index in [1.54, 1.807) is 66.7 Å². The predicted molar refractivity (Wildman–Crippen MR) is 145 cm³/mol. The molecule has 0 bridgehead atoms. The molecule has 0 radical (unpaired) electrons. The van der Waals surface area contributed by atoms with Crippen molar-refractivity contribution < 1.29 is 27.8 Å². The molecule has 1 heterocycles. The molecule has 0 spiro atoms. The van der Waals surface area contributed by atoms with Crippen molar-refractivity contribution in [3.63, 3.8) is 0 Å². The van der Waals surface area contributed by atoms with Crippen LogP contribution in [0, 0.1) is 0 Å². The van der Waals surface area contributed by atoms with Crippen LogP contribution in [-0.2, 0) is 16.6 Å². The van der Waals surface area contributed by atoms with Crippen LogP contribution >= 0.6 is 23.2 Å². The molecule has 0 amide bonds. The van der Waals surface area contributed by atoms with E-state index in [0.717, 1.165) is 3.97 Å². The highest BCUT2D eigenvalue weighted by Crippen LogP contribution is 2.34. The monoisotopic (exact) mass is 567 g/mol. The van der Waals surface area contributed by atoms with Gasteiger partial charge in [0.05, 0.1) is 5.52 Å². The van der Waals surface area contributed by atoms with Crippen molar-refractivity contribution in [1.82, 2.24) is 3.97 Å². The second-order valence-corrected chi connectivity index (χ2v) is 10.7. The lowest BCUT2D eigenvalue weighted by Gasteiger charge is -2.14. The van der Waals surface area contributed by atoms with Gasteiger partial charge in [-0.05, 0) is 60.7 Å². The zero-order chi connectivity index (χ0) is 26.9. The number of para-hydroxylation sites is 2. The fraction of sp³-hybridized carbons (Fsp3) is 0.0357. The lowest BCUT2D eigenvalue weighted by atomic mass is 10.2. The number of aromatic carboxylic acids is 1. The number of benzene rings is 4. The Morgan fingerprint density at radius 2 is 1.50 bits per heavy atom. The number of aromatic nitrogens is 1. The highest BCUT2D eigenvalue weighted by molar-refractivity contribution is 7.90. The number of carboxylic acid groups (broad SMARTS) is 1. The number of hydrogen-bond acceptors (Lipinski definition) is 5. The highest BCUT2D eigenvalue weighted by Gasteiger charge is 2.29. The molecule has 0 aliphatic heterocycles. The van der Waals surface area contributed by atoms with Gasteiger partial charge in [0.15, 0.2) is 0 Å². The summed E-state index contributed by atoms with van der Waals surface area (Å²) in [7, 11) is -4.39. The van der Waals surface area contributed by atoms with Crippen molar-refractivity contribution in [1.29, 1.82) is 0 Å². The van der Waals surface area contributed by atoms with Gasteiger partial charge in [-0.2, -0.15) is 0 Å². The summed E-state index contributed by atoms with van der Waals surface area (Å²) in [5.41, 5.74) is 0.332. The van der Waals surface area contributed by atoms with Crippen LogP contribution in [0.1, 0.15) is 16.1 Å². The van der Waals surface area contributed by atoms with E-state index < -0.39 is 21.7 Å². The quantitative estimate of drug-likeness (QED) is 0.212. The first-order valence-electron chi connectivity index (χ1n) is 11.3. The van der Waals surface area contributed by atoms with Crippen molar-refractivity contribution in [3.05, 3.63) is 118 Å². The van der Waals surface area contributed by atoms with E-state index in [1.165, 1.54) is 24.3 Å². The van der Waals surface area contributed by atoms with Gasteiger partial charge < -0.3 is 14.6 Å². The predicted octanol–water partition coefficient (Wildman–Crippen LogP) is 7.25. The molecule has 5 aromatic rings. The maximum absolute atomic E-state index is 13.9. The first-order valence-corrected chi connectivity index (χ1v) is 13.5. The number of ether oxygens (including phenoxy) is 2. The van der Waals surface area contributed by atoms with Gasteiger partial charge in [0.1, 0.15) is 34.4 Å². The van der Waals surface area contributed by atoms with Gasteiger partial charge in [0.2, 0.25) is 0 Å². The fourth-order valence-corrected chi connectivity index (χ4v) is 6.09. The standard InChI is InChI=1S/C28H19Cl2NO6S/c29-22-9-6-10-23(30)21(22)17-36-20-13-14-24-18(15-20)16-25(28(32)33)31(24)38(34,35)27-12-5-4-11-26(27)37-19-7-2-1-3-8-19/h1-16H,17H2,(H,32,33). The molecular weight excluding hydrogens is 549 g/mol. The number of fused-ring (bicyclic) bond motifs is 1.